The lowest BCUT2D eigenvalue weighted by Crippen LogP contribution is -2.48. The Kier molecular flexibility index (Phi) is 5.57. The Hall–Kier alpha value is -1.85. The molecule has 1 aliphatic heterocycles. The van der Waals surface area contributed by atoms with E-state index in [9.17, 15) is 9.59 Å². The SMILES string of the molecule is CCC(CC)C(=O)N1CCC(NC(=O)c2cnn(C)c2)CC1. The van der Waals surface area contributed by atoms with Gasteiger partial charge in [-0.2, -0.15) is 5.10 Å². The topological polar surface area (TPSA) is 67.2 Å². The number of hydrogen-bond acceptors (Lipinski definition) is 3. The van der Waals surface area contributed by atoms with Crippen molar-refractivity contribution < 1.29 is 9.59 Å². The first-order valence-corrected chi connectivity index (χ1v) is 8.13. The Morgan fingerprint density at radius 2 is 1.95 bits per heavy atom. The van der Waals surface area contributed by atoms with Gasteiger partial charge >= 0.3 is 0 Å². The van der Waals surface area contributed by atoms with Gasteiger partial charge < -0.3 is 10.2 Å². The molecule has 6 nitrogen and oxygen atoms in total. The van der Waals surface area contributed by atoms with Crippen molar-refractivity contribution in [1.29, 1.82) is 0 Å². The van der Waals surface area contributed by atoms with E-state index in [0.717, 1.165) is 38.8 Å². The van der Waals surface area contributed by atoms with E-state index in [-0.39, 0.29) is 23.8 Å². The van der Waals surface area contributed by atoms with Crippen molar-refractivity contribution in [2.45, 2.75) is 45.6 Å². The molecule has 1 aliphatic rings. The second-order valence-corrected chi connectivity index (χ2v) is 5.99. The predicted octanol–water partition coefficient (Wildman–Crippen LogP) is 1.58. The molecule has 2 rings (SSSR count). The molecule has 1 aromatic rings. The maximum Gasteiger partial charge on any atom is 0.254 e. The van der Waals surface area contributed by atoms with Crippen LogP contribution in [-0.4, -0.2) is 45.6 Å². The highest BCUT2D eigenvalue weighted by molar-refractivity contribution is 5.93. The number of amides is 2. The molecule has 122 valence electrons. The van der Waals surface area contributed by atoms with Crippen molar-refractivity contribution in [1.82, 2.24) is 20.0 Å². The van der Waals surface area contributed by atoms with Crippen molar-refractivity contribution in [3.63, 3.8) is 0 Å². The van der Waals surface area contributed by atoms with Crippen molar-refractivity contribution in [2.24, 2.45) is 13.0 Å². The summed E-state index contributed by atoms with van der Waals surface area (Å²) >= 11 is 0. The first-order valence-electron chi connectivity index (χ1n) is 8.13. The molecule has 22 heavy (non-hydrogen) atoms. The summed E-state index contributed by atoms with van der Waals surface area (Å²) < 4.78 is 1.62. The van der Waals surface area contributed by atoms with Crippen LogP contribution in [0.1, 0.15) is 49.9 Å². The van der Waals surface area contributed by atoms with E-state index in [4.69, 9.17) is 0 Å². The molecule has 2 amide bonds. The fourth-order valence-electron chi connectivity index (χ4n) is 2.95. The number of aromatic nitrogens is 2. The van der Waals surface area contributed by atoms with E-state index in [2.05, 4.69) is 24.3 Å². The van der Waals surface area contributed by atoms with E-state index >= 15 is 0 Å². The summed E-state index contributed by atoms with van der Waals surface area (Å²) in [5.41, 5.74) is 0.582. The van der Waals surface area contributed by atoms with E-state index in [0.29, 0.717) is 5.56 Å². The Balaban J connectivity index is 1.82. The zero-order chi connectivity index (χ0) is 16.1. The summed E-state index contributed by atoms with van der Waals surface area (Å²) in [6, 6.07) is 0.137. The Labute approximate surface area is 131 Å². The largest absolute Gasteiger partial charge is 0.349 e. The normalized spacial score (nSPS) is 16.1. The number of likely N-dealkylation sites (tertiary alicyclic amines) is 1. The number of aryl methyl sites for hydroxylation is 1. The first kappa shape index (κ1) is 16.5. The number of rotatable bonds is 5. The summed E-state index contributed by atoms with van der Waals surface area (Å²) in [6.07, 6.45) is 6.71. The molecule has 2 heterocycles. The molecule has 0 radical (unpaired) electrons. The lowest BCUT2D eigenvalue weighted by molar-refractivity contribution is -0.136. The zero-order valence-electron chi connectivity index (χ0n) is 13.7. The summed E-state index contributed by atoms with van der Waals surface area (Å²) in [4.78, 5) is 26.4. The zero-order valence-corrected chi connectivity index (χ0v) is 13.7. The van der Waals surface area contributed by atoms with Crippen molar-refractivity contribution in [3.8, 4) is 0 Å². The molecule has 1 fully saturated rings. The third-order valence-electron chi connectivity index (χ3n) is 4.44. The molecule has 0 aliphatic carbocycles. The minimum atomic E-state index is -0.0853. The third-order valence-corrected chi connectivity index (χ3v) is 4.44. The van der Waals surface area contributed by atoms with Gasteiger partial charge in [0.2, 0.25) is 5.91 Å². The van der Waals surface area contributed by atoms with E-state index in [1.807, 2.05) is 4.90 Å². The van der Waals surface area contributed by atoms with Crippen LogP contribution >= 0.6 is 0 Å². The van der Waals surface area contributed by atoms with Gasteiger partial charge in [-0.25, -0.2) is 0 Å². The minimum absolute atomic E-state index is 0.0853. The molecule has 0 atom stereocenters. The quantitative estimate of drug-likeness (QED) is 0.898. The third kappa shape index (κ3) is 3.87. The number of piperidine rings is 1. The van der Waals surface area contributed by atoms with Crippen LogP contribution in [0.2, 0.25) is 0 Å². The monoisotopic (exact) mass is 306 g/mol. The maximum absolute atomic E-state index is 12.3. The minimum Gasteiger partial charge on any atom is -0.349 e. The lowest BCUT2D eigenvalue weighted by atomic mass is 9.98. The summed E-state index contributed by atoms with van der Waals surface area (Å²) in [7, 11) is 1.79. The molecular weight excluding hydrogens is 280 g/mol. The van der Waals surface area contributed by atoms with Gasteiger partial charge in [0.05, 0.1) is 11.8 Å². The van der Waals surface area contributed by atoms with Crippen LogP contribution < -0.4 is 5.32 Å². The Bertz CT molecular complexity index is 514. The predicted molar refractivity (Wildman–Crippen MR) is 84.3 cm³/mol. The molecule has 0 unspecified atom stereocenters. The molecule has 0 aromatic carbocycles. The van der Waals surface area contributed by atoms with Gasteiger partial charge in [0, 0.05) is 38.3 Å². The van der Waals surface area contributed by atoms with Crippen LogP contribution in [0, 0.1) is 5.92 Å². The average Bonchev–Trinajstić information content (AvgIpc) is 2.96. The fraction of sp³-hybridized carbons (Fsp3) is 0.688. The molecular formula is C16H26N4O2. The fourth-order valence-corrected chi connectivity index (χ4v) is 2.95. The van der Waals surface area contributed by atoms with Gasteiger partial charge in [0.1, 0.15) is 0 Å². The van der Waals surface area contributed by atoms with Gasteiger partial charge in [-0.15, -0.1) is 0 Å². The van der Waals surface area contributed by atoms with Crippen molar-refractivity contribution in [3.05, 3.63) is 18.0 Å². The first-order chi connectivity index (χ1) is 10.5. The summed E-state index contributed by atoms with van der Waals surface area (Å²) in [5.74, 6) is 0.321. The molecule has 0 saturated carbocycles. The highest BCUT2D eigenvalue weighted by Gasteiger charge is 2.27. The van der Waals surface area contributed by atoms with Crippen LogP contribution in [0.5, 0.6) is 0 Å². The number of nitrogens with one attached hydrogen (secondary N) is 1. The Morgan fingerprint density at radius 1 is 1.32 bits per heavy atom. The summed E-state index contributed by atoms with van der Waals surface area (Å²) in [5, 5.41) is 7.04. The molecule has 1 N–H and O–H groups in total. The van der Waals surface area contributed by atoms with Gasteiger partial charge in [-0.1, -0.05) is 13.8 Å². The van der Waals surface area contributed by atoms with Crippen LogP contribution in [0.25, 0.3) is 0 Å². The number of carbonyl (C=O) groups excluding carboxylic acids is 2. The molecule has 1 aromatic heterocycles. The summed E-state index contributed by atoms with van der Waals surface area (Å²) in [6.45, 7) is 5.58. The van der Waals surface area contributed by atoms with Gasteiger partial charge in [-0.05, 0) is 25.7 Å². The Morgan fingerprint density at radius 3 is 2.45 bits per heavy atom. The standard InChI is InChI=1S/C16H26N4O2/c1-4-12(5-2)16(22)20-8-6-14(7-9-20)18-15(21)13-10-17-19(3)11-13/h10-12,14H,4-9H2,1-3H3,(H,18,21). The van der Waals surface area contributed by atoms with Crippen LogP contribution in [0.3, 0.4) is 0 Å². The van der Waals surface area contributed by atoms with Gasteiger partial charge in [0.25, 0.3) is 5.91 Å². The second kappa shape index (κ2) is 7.42. The van der Waals surface area contributed by atoms with Gasteiger partial charge in [0.15, 0.2) is 0 Å². The van der Waals surface area contributed by atoms with Crippen molar-refractivity contribution in [2.75, 3.05) is 13.1 Å². The van der Waals surface area contributed by atoms with E-state index < -0.39 is 0 Å². The maximum atomic E-state index is 12.3. The molecule has 6 heteroatoms. The smallest absolute Gasteiger partial charge is 0.254 e. The van der Waals surface area contributed by atoms with Crippen LogP contribution in [0.15, 0.2) is 12.4 Å². The number of nitrogens with zero attached hydrogens (tertiary/aromatic N) is 3. The van der Waals surface area contributed by atoms with Crippen LogP contribution in [-0.2, 0) is 11.8 Å². The molecule has 0 bridgehead atoms. The lowest BCUT2D eigenvalue weighted by Gasteiger charge is -2.34. The van der Waals surface area contributed by atoms with Crippen LogP contribution in [0.4, 0.5) is 0 Å². The molecule has 1 saturated heterocycles. The number of carbonyl (C=O) groups is 2. The van der Waals surface area contributed by atoms with Crippen molar-refractivity contribution >= 4 is 11.8 Å². The van der Waals surface area contributed by atoms with E-state index in [1.54, 1.807) is 24.1 Å². The van der Waals surface area contributed by atoms with Gasteiger partial charge in [-0.3, -0.25) is 14.3 Å². The highest BCUT2D eigenvalue weighted by Crippen LogP contribution is 2.17. The molecule has 0 spiro atoms. The van der Waals surface area contributed by atoms with E-state index in [1.165, 1.54) is 0 Å². The second-order valence-electron chi connectivity index (χ2n) is 5.99. The highest BCUT2D eigenvalue weighted by atomic mass is 16.2. The number of hydrogen-bond donors (Lipinski definition) is 1. The average molecular weight is 306 g/mol.